The van der Waals surface area contributed by atoms with Crippen molar-refractivity contribution in [2.45, 2.75) is 26.8 Å². The summed E-state index contributed by atoms with van der Waals surface area (Å²) >= 11 is 0. The highest BCUT2D eigenvalue weighted by Gasteiger charge is 2.22. The van der Waals surface area contributed by atoms with Crippen molar-refractivity contribution in [2.75, 3.05) is 11.9 Å². The Labute approximate surface area is 169 Å². The summed E-state index contributed by atoms with van der Waals surface area (Å²) in [5, 5.41) is 13.5. The number of amides is 2. The predicted octanol–water partition coefficient (Wildman–Crippen LogP) is 3.79. The number of nitrogens with one attached hydrogen (secondary N) is 1. The van der Waals surface area contributed by atoms with Gasteiger partial charge in [-0.3, -0.25) is 19.7 Å². The van der Waals surface area contributed by atoms with Gasteiger partial charge in [0, 0.05) is 42.9 Å². The maximum absolute atomic E-state index is 12.3. The molecule has 0 bridgehead atoms. The fourth-order valence-corrected chi connectivity index (χ4v) is 3.25. The van der Waals surface area contributed by atoms with Crippen molar-refractivity contribution < 1.29 is 14.5 Å². The van der Waals surface area contributed by atoms with E-state index in [0.29, 0.717) is 24.3 Å². The molecule has 0 saturated heterocycles. The molecule has 1 heterocycles. The number of carbonyl (C=O) groups is 2. The first kappa shape index (κ1) is 20.3. The molecule has 2 aromatic carbocycles. The van der Waals surface area contributed by atoms with Crippen LogP contribution in [0, 0.1) is 16.0 Å². The van der Waals surface area contributed by atoms with E-state index < -0.39 is 4.92 Å². The molecule has 2 aromatic rings. The number of hydrogen-bond donors (Lipinski definition) is 1. The Morgan fingerprint density at radius 1 is 1.14 bits per heavy atom. The van der Waals surface area contributed by atoms with E-state index in [-0.39, 0.29) is 23.4 Å². The summed E-state index contributed by atoms with van der Waals surface area (Å²) in [6.45, 7) is 5.06. The Hall–Kier alpha value is -3.48. The lowest BCUT2D eigenvalue weighted by molar-refractivity contribution is -0.384. The molecule has 1 aliphatic heterocycles. The highest BCUT2D eigenvalue weighted by Crippen LogP contribution is 2.24. The third kappa shape index (κ3) is 5.07. The number of nitro benzene ring substituents is 1. The highest BCUT2D eigenvalue weighted by atomic mass is 16.6. The molecule has 0 radical (unpaired) electrons. The summed E-state index contributed by atoms with van der Waals surface area (Å²) in [6, 6.07) is 11.7. The molecule has 0 atom stereocenters. The third-order valence-corrected chi connectivity index (χ3v) is 4.82. The number of carbonyl (C=O) groups excluding carboxylic acids is 2. The minimum Gasteiger partial charge on any atom is -0.338 e. The van der Waals surface area contributed by atoms with E-state index in [9.17, 15) is 19.7 Å². The molecular weight excluding hydrogens is 370 g/mol. The van der Waals surface area contributed by atoms with Crippen LogP contribution in [0.5, 0.6) is 0 Å². The Morgan fingerprint density at radius 3 is 2.52 bits per heavy atom. The molecule has 1 N–H and O–H groups in total. The number of hydrogen-bond acceptors (Lipinski definition) is 4. The maximum atomic E-state index is 12.3. The second-order valence-electron chi connectivity index (χ2n) is 7.32. The molecule has 0 fully saturated rings. The van der Waals surface area contributed by atoms with E-state index >= 15 is 0 Å². The summed E-state index contributed by atoms with van der Waals surface area (Å²) < 4.78 is 0. The van der Waals surface area contributed by atoms with Gasteiger partial charge in [-0.1, -0.05) is 19.9 Å². The van der Waals surface area contributed by atoms with Crippen LogP contribution in [0.3, 0.4) is 0 Å². The zero-order chi connectivity index (χ0) is 21.0. The average Bonchev–Trinajstić information content (AvgIpc) is 2.71. The van der Waals surface area contributed by atoms with Crippen LogP contribution in [0.25, 0.3) is 6.08 Å². The second kappa shape index (κ2) is 8.68. The van der Waals surface area contributed by atoms with Crippen molar-refractivity contribution >= 4 is 29.3 Å². The molecule has 7 heteroatoms. The lowest BCUT2D eigenvalue weighted by Gasteiger charge is -2.30. The lowest BCUT2D eigenvalue weighted by Crippen LogP contribution is -2.38. The monoisotopic (exact) mass is 393 g/mol. The molecular formula is C22H23N3O4. The van der Waals surface area contributed by atoms with E-state index in [0.717, 1.165) is 12.0 Å². The smallest absolute Gasteiger partial charge is 0.269 e. The molecule has 150 valence electrons. The average molecular weight is 393 g/mol. The molecule has 0 unspecified atom stereocenters. The van der Waals surface area contributed by atoms with Gasteiger partial charge in [0.2, 0.25) is 11.8 Å². The van der Waals surface area contributed by atoms with Gasteiger partial charge in [-0.05, 0) is 53.5 Å². The fraction of sp³-hybridized carbons (Fsp3) is 0.273. The van der Waals surface area contributed by atoms with Crippen molar-refractivity contribution in [3.8, 4) is 0 Å². The summed E-state index contributed by atoms with van der Waals surface area (Å²) in [5.41, 5.74) is 3.60. The maximum Gasteiger partial charge on any atom is 0.269 e. The highest BCUT2D eigenvalue weighted by molar-refractivity contribution is 6.02. The lowest BCUT2D eigenvalue weighted by atomic mass is 9.98. The Bertz CT molecular complexity index is 965. The standard InChI is InChI=1S/C22H23N3O4/c1-15(2)22(27)24-12-11-17-6-7-19(13-18(17)14-24)23-21(26)10-5-16-3-8-20(9-4-16)25(28)29/h3-10,13,15H,11-12,14H2,1-2H3,(H,23,26)/b10-5+. The van der Waals surface area contributed by atoms with Gasteiger partial charge in [-0.2, -0.15) is 0 Å². The van der Waals surface area contributed by atoms with Crippen LogP contribution in [0.1, 0.15) is 30.5 Å². The second-order valence-corrected chi connectivity index (χ2v) is 7.32. The van der Waals surface area contributed by atoms with Crippen LogP contribution in [0.2, 0.25) is 0 Å². The first-order valence-electron chi connectivity index (χ1n) is 9.47. The summed E-state index contributed by atoms with van der Waals surface area (Å²) in [7, 11) is 0. The first-order chi connectivity index (χ1) is 13.8. The van der Waals surface area contributed by atoms with E-state index in [2.05, 4.69) is 5.32 Å². The van der Waals surface area contributed by atoms with Crippen molar-refractivity contribution in [1.29, 1.82) is 0 Å². The van der Waals surface area contributed by atoms with Crippen LogP contribution in [0.4, 0.5) is 11.4 Å². The predicted molar refractivity (Wildman–Crippen MR) is 111 cm³/mol. The molecule has 1 aliphatic rings. The topological polar surface area (TPSA) is 92.6 Å². The number of non-ortho nitro benzene ring substituents is 1. The zero-order valence-corrected chi connectivity index (χ0v) is 16.4. The van der Waals surface area contributed by atoms with E-state index in [1.807, 2.05) is 36.9 Å². The van der Waals surface area contributed by atoms with Crippen molar-refractivity contribution in [3.05, 3.63) is 75.3 Å². The molecule has 0 aromatic heterocycles. The van der Waals surface area contributed by atoms with Gasteiger partial charge in [0.25, 0.3) is 5.69 Å². The third-order valence-electron chi connectivity index (χ3n) is 4.82. The van der Waals surface area contributed by atoms with E-state index in [4.69, 9.17) is 0 Å². The van der Waals surface area contributed by atoms with Crippen molar-refractivity contribution in [2.24, 2.45) is 5.92 Å². The number of fused-ring (bicyclic) bond motifs is 1. The van der Waals surface area contributed by atoms with Crippen molar-refractivity contribution in [3.63, 3.8) is 0 Å². The number of nitrogens with zero attached hydrogens (tertiary/aromatic N) is 2. The number of benzene rings is 2. The fourth-order valence-electron chi connectivity index (χ4n) is 3.25. The molecule has 2 amide bonds. The van der Waals surface area contributed by atoms with Gasteiger partial charge in [-0.15, -0.1) is 0 Å². The Balaban J connectivity index is 1.64. The van der Waals surface area contributed by atoms with Crippen LogP contribution in [-0.4, -0.2) is 28.2 Å². The quantitative estimate of drug-likeness (QED) is 0.475. The van der Waals surface area contributed by atoms with Gasteiger partial charge in [0.1, 0.15) is 0 Å². The molecule has 0 saturated carbocycles. The number of nitro groups is 1. The van der Waals surface area contributed by atoms with E-state index in [1.54, 1.807) is 18.2 Å². The first-order valence-corrected chi connectivity index (χ1v) is 9.47. The summed E-state index contributed by atoms with van der Waals surface area (Å²) in [6.07, 6.45) is 3.79. The largest absolute Gasteiger partial charge is 0.338 e. The Morgan fingerprint density at radius 2 is 1.86 bits per heavy atom. The van der Waals surface area contributed by atoms with Crippen LogP contribution in [-0.2, 0) is 22.6 Å². The van der Waals surface area contributed by atoms with Crippen LogP contribution in [0.15, 0.2) is 48.5 Å². The molecule has 7 nitrogen and oxygen atoms in total. The van der Waals surface area contributed by atoms with Gasteiger partial charge >= 0.3 is 0 Å². The zero-order valence-electron chi connectivity index (χ0n) is 16.4. The Kier molecular flexibility index (Phi) is 6.07. The van der Waals surface area contributed by atoms with Crippen LogP contribution < -0.4 is 5.32 Å². The summed E-state index contributed by atoms with van der Waals surface area (Å²) in [5.74, 6) is -0.200. The molecule has 3 rings (SSSR count). The summed E-state index contributed by atoms with van der Waals surface area (Å²) in [4.78, 5) is 36.5. The number of anilines is 1. The molecule has 0 spiro atoms. The molecule has 0 aliphatic carbocycles. The minimum atomic E-state index is -0.466. The van der Waals surface area contributed by atoms with Gasteiger partial charge in [0.15, 0.2) is 0 Å². The SMILES string of the molecule is CC(C)C(=O)N1CCc2ccc(NC(=O)/C=C/c3ccc([N+](=O)[O-])cc3)cc2C1. The van der Waals surface area contributed by atoms with Crippen LogP contribution >= 0.6 is 0 Å². The van der Waals surface area contributed by atoms with Gasteiger partial charge in [-0.25, -0.2) is 0 Å². The van der Waals surface area contributed by atoms with Crippen molar-refractivity contribution in [1.82, 2.24) is 4.90 Å². The normalized spacial score (nSPS) is 13.4. The van der Waals surface area contributed by atoms with E-state index in [1.165, 1.54) is 23.8 Å². The van der Waals surface area contributed by atoms with Gasteiger partial charge in [0.05, 0.1) is 4.92 Å². The molecule has 29 heavy (non-hydrogen) atoms. The number of rotatable bonds is 5. The minimum absolute atomic E-state index is 0.00523. The van der Waals surface area contributed by atoms with Gasteiger partial charge < -0.3 is 10.2 Å².